The molecule has 40 heavy (non-hydrogen) atoms. The molecular formula is C33H40N4O2Pt. The summed E-state index contributed by atoms with van der Waals surface area (Å²) in [4.78, 5) is 20.1. The molecule has 0 saturated carbocycles. The van der Waals surface area contributed by atoms with Gasteiger partial charge < -0.3 is 10.2 Å². The van der Waals surface area contributed by atoms with E-state index in [0.29, 0.717) is 34.4 Å². The Hall–Kier alpha value is -3.11. The van der Waals surface area contributed by atoms with Crippen LogP contribution in [0, 0.1) is 11.8 Å². The van der Waals surface area contributed by atoms with Crippen LogP contribution in [0.25, 0.3) is 22.5 Å². The molecule has 0 fully saturated rings. The fraction of sp³-hybridized carbons (Fsp3) is 0.394. The Bertz CT molecular complexity index is 1360. The van der Waals surface area contributed by atoms with Crippen molar-refractivity contribution in [2.45, 2.75) is 72.6 Å². The second kappa shape index (κ2) is 12.6. The summed E-state index contributed by atoms with van der Waals surface area (Å²) in [6.07, 6.45) is 3.65. The summed E-state index contributed by atoms with van der Waals surface area (Å²) < 4.78 is 0. The van der Waals surface area contributed by atoms with Crippen molar-refractivity contribution >= 4 is 0 Å². The van der Waals surface area contributed by atoms with Gasteiger partial charge in [-0.05, 0) is 49.9 Å². The molecule has 0 aliphatic carbocycles. The maximum Gasteiger partial charge on any atom is 0.125 e. The molecule has 0 bridgehead atoms. The second-order valence-corrected chi connectivity index (χ2v) is 11.7. The van der Waals surface area contributed by atoms with E-state index in [1.54, 1.807) is 24.3 Å². The average molecular weight is 720 g/mol. The molecule has 0 radical (unpaired) electrons. The minimum atomic E-state index is -0.655. The minimum absolute atomic E-state index is 0. The van der Waals surface area contributed by atoms with Crippen LogP contribution in [0.2, 0.25) is 0 Å². The van der Waals surface area contributed by atoms with Crippen molar-refractivity contribution in [1.82, 2.24) is 19.9 Å². The number of aromatic nitrogens is 4. The summed E-state index contributed by atoms with van der Waals surface area (Å²) in [5, 5.41) is 21.4. The SMILES string of the molecule is CC(C)C(C)c1ncc(C(C)(C)c2cnc(C(C)C(C)C)c(-c3ccccc3O)n2)nc1-c1ccccc1O.[Pt]. The summed E-state index contributed by atoms with van der Waals surface area (Å²) in [7, 11) is 0. The molecule has 6 nitrogen and oxygen atoms in total. The molecule has 2 heterocycles. The summed E-state index contributed by atoms with van der Waals surface area (Å²) in [5.74, 6) is 1.35. The second-order valence-electron chi connectivity index (χ2n) is 11.7. The molecule has 7 heteroatoms. The molecule has 0 spiro atoms. The predicted octanol–water partition coefficient (Wildman–Crippen LogP) is 7.85. The predicted molar refractivity (Wildman–Crippen MR) is 157 cm³/mol. The van der Waals surface area contributed by atoms with E-state index in [2.05, 4.69) is 55.4 Å². The van der Waals surface area contributed by atoms with Crippen LogP contribution in [0.3, 0.4) is 0 Å². The number of para-hydroxylation sites is 2. The van der Waals surface area contributed by atoms with Crippen molar-refractivity contribution < 1.29 is 31.3 Å². The quantitative estimate of drug-likeness (QED) is 0.193. The van der Waals surface area contributed by atoms with Gasteiger partial charge in [0.25, 0.3) is 0 Å². The van der Waals surface area contributed by atoms with Crippen molar-refractivity contribution in [1.29, 1.82) is 0 Å². The number of rotatable bonds is 8. The van der Waals surface area contributed by atoms with E-state index in [-0.39, 0.29) is 44.4 Å². The molecule has 214 valence electrons. The number of benzene rings is 2. The summed E-state index contributed by atoms with van der Waals surface area (Å²) in [6, 6.07) is 14.5. The Kier molecular flexibility index (Phi) is 9.89. The topological polar surface area (TPSA) is 92.0 Å². The monoisotopic (exact) mass is 719 g/mol. The molecule has 4 aromatic rings. The number of hydrogen-bond acceptors (Lipinski definition) is 6. The summed E-state index contributed by atoms with van der Waals surface area (Å²) >= 11 is 0. The molecule has 0 aliphatic rings. The Morgan fingerprint density at radius 3 is 1.27 bits per heavy atom. The van der Waals surface area contributed by atoms with Crippen molar-refractivity contribution in [3.8, 4) is 34.0 Å². The maximum atomic E-state index is 10.7. The van der Waals surface area contributed by atoms with E-state index in [4.69, 9.17) is 19.9 Å². The number of aromatic hydroxyl groups is 2. The first-order valence-electron chi connectivity index (χ1n) is 13.7. The Labute approximate surface area is 252 Å². The molecule has 2 unspecified atom stereocenters. The zero-order valence-electron chi connectivity index (χ0n) is 24.6. The van der Waals surface area contributed by atoms with Crippen LogP contribution in [0.5, 0.6) is 11.5 Å². The largest absolute Gasteiger partial charge is 0.507 e. The van der Waals surface area contributed by atoms with Crippen molar-refractivity contribution in [3.05, 3.63) is 83.7 Å². The van der Waals surface area contributed by atoms with E-state index >= 15 is 0 Å². The third-order valence-corrected chi connectivity index (χ3v) is 8.06. The van der Waals surface area contributed by atoms with Crippen LogP contribution in [0.4, 0.5) is 0 Å². The van der Waals surface area contributed by atoms with Crippen LogP contribution >= 0.6 is 0 Å². The van der Waals surface area contributed by atoms with Gasteiger partial charge in [0.2, 0.25) is 0 Å². The van der Waals surface area contributed by atoms with Crippen molar-refractivity contribution in [2.24, 2.45) is 11.8 Å². The van der Waals surface area contributed by atoms with Gasteiger partial charge in [0.15, 0.2) is 0 Å². The van der Waals surface area contributed by atoms with Gasteiger partial charge in [-0.2, -0.15) is 0 Å². The van der Waals surface area contributed by atoms with Crippen LogP contribution in [-0.2, 0) is 26.5 Å². The van der Waals surface area contributed by atoms with Gasteiger partial charge in [-0.1, -0.05) is 65.8 Å². The maximum absolute atomic E-state index is 10.7. The van der Waals surface area contributed by atoms with Crippen LogP contribution in [0.15, 0.2) is 60.9 Å². The normalized spacial score (nSPS) is 13.2. The van der Waals surface area contributed by atoms with Gasteiger partial charge in [0.1, 0.15) is 11.5 Å². The fourth-order valence-electron chi connectivity index (χ4n) is 4.57. The fourth-order valence-corrected chi connectivity index (χ4v) is 4.57. The zero-order valence-corrected chi connectivity index (χ0v) is 26.9. The number of phenolic OH excluding ortho intramolecular Hbond substituents is 2. The Morgan fingerprint density at radius 2 is 0.950 bits per heavy atom. The van der Waals surface area contributed by atoms with Gasteiger partial charge in [-0.15, -0.1) is 0 Å². The van der Waals surface area contributed by atoms with Gasteiger partial charge in [-0.3, -0.25) is 9.97 Å². The molecule has 4 rings (SSSR count). The molecule has 0 amide bonds. The first kappa shape index (κ1) is 31.4. The van der Waals surface area contributed by atoms with E-state index < -0.39 is 5.41 Å². The van der Waals surface area contributed by atoms with Gasteiger partial charge in [-0.25, -0.2) is 9.97 Å². The number of hydrogen-bond donors (Lipinski definition) is 2. The Morgan fingerprint density at radius 1 is 0.600 bits per heavy atom. The molecular weight excluding hydrogens is 679 g/mol. The van der Waals surface area contributed by atoms with Gasteiger partial charge >= 0.3 is 0 Å². The summed E-state index contributed by atoms with van der Waals surface area (Å²) in [6.45, 7) is 17.0. The first-order chi connectivity index (χ1) is 18.4. The van der Waals surface area contributed by atoms with E-state index in [1.165, 1.54) is 0 Å². The van der Waals surface area contributed by atoms with E-state index in [9.17, 15) is 10.2 Å². The van der Waals surface area contributed by atoms with Gasteiger partial charge in [0, 0.05) is 56.4 Å². The third kappa shape index (κ3) is 6.12. The van der Waals surface area contributed by atoms with Crippen LogP contribution in [-0.4, -0.2) is 30.1 Å². The van der Waals surface area contributed by atoms with Crippen LogP contribution < -0.4 is 0 Å². The average Bonchev–Trinajstić information content (AvgIpc) is 2.92. The summed E-state index contributed by atoms with van der Waals surface area (Å²) in [5.41, 5.74) is 5.18. The van der Waals surface area contributed by atoms with Gasteiger partial charge in [0.05, 0.1) is 39.6 Å². The number of phenols is 2. The Balaban J connectivity index is 0.00000441. The first-order valence-corrected chi connectivity index (χ1v) is 13.7. The minimum Gasteiger partial charge on any atom is -0.507 e. The number of nitrogens with zero attached hydrogens (tertiary/aromatic N) is 4. The van der Waals surface area contributed by atoms with Crippen molar-refractivity contribution in [3.63, 3.8) is 0 Å². The molecule has 2 aromatic carbocycles. The van der Waals surface area contributed by atoms with E-state index in [0.717, 1.165) is 22.8 Å². The zero-order chi connectivity index (χ0) is 28.5. The third-order valence-electron chi connectivity index (χ3n) is 8.06. The smallest absolute Gasteiger partial charge is 0.125 e. The molecule has 0 aliphatic heterocycles. The standard InChI is InChI=1S/C33H40N4O2.Pt/c1-19(2)21(5)29-31(23-13-9-11-15-25(23)38)36-27(17-34-29)33(7,8)28-18-35-30(22(6)20(3)4)32(37-28)24-14-10-12-16-26(24)39;/h9-22,38-39H,1-8H3;. The van der Waals surface area contributed by atoms with E-state index in [1.807, 2.05) is 36.7 Å². The molecule has 2 atom stereocenters. The molecule has 2 aromatic heterocycles. The van der Waals surface area contributed by atoms with Crippen molar-refractivity contribution in [2.75, 3.05) is 0 Å². The van der Waals surface area contributed by atoms with Crippen LogP contribution in [0.1, 0.15) is 90.0 Å². The molecule has 2 N–H and O–H groups in total. The molecule has 0 saturated heterocycles.